The van der Waals surface area contributed by atoms with Gasteiger partial charge >= 0.3 is 11.7 Å². The molecule has 0 amide bonds. The van der Waals surface area contributed by atoms with Crippen molar-refractivity contribution in [2.75, 3.05) is 18.1 Å². The van der Waals surface area contributed by atoms with Crippen LogP contribution < -0.4 is 5.73 Å². The molecule has 0 bridgehead atoms. The monoisotopic (exact) mass is 272 g/mol. The van der Waals surface area contributed by atoms with Crippen LogP contribution in [0.25, 0.3) is 0 Å². The van der Waals surface area contributed by atoms with Gasteiger partial charge in [-0.3, -0.25) is 14.9 Å². The molecule has 0 fully saturated rings. The van der Waals surface area contributed by atoms with Crippen molar-refractivity contribution < 1.29 is 14.5 Å². The standard InChI is InChI=1S/C9H12N4O4S/c1-3-17-6(14)4-18-8-7(13(15)16)5(2)11-9(10)12-8/h3-4H2,1-2H3,(H2,10,11,12). The van der Waals surface area contributed by atoms with E-state index in [4.69, 9.17) is 10.5 Å². The number of aryl methyl sites for hydroxylation is 1. The zero-order chi connectivity index (χ0) is 13.7. The lowest BCUT2D eigenvalue weighted by atomic mass is 10.4. The van der Waals surface area contributed by atoms with Crippen molar-refractivity contribution in [1.82, 2.24) is 9.97 Å². The van der Waals surface area contributed by atoms with Gasteiger partial charge in [0.2, 0.25) is 5.95 Å². The van der Waals surface area contributed by atoms with Crippen LogP contribution in [-0.4, -0.2) is 33.2 Å². The molecule has 0 aliphatic carbocycles. The first-order chi connectivity index (χ1) is 8.45. The van der Waals surface area contributed by atoms with Crippen LogP contribution in [0.4, 0.5) is 11.6 Å². The van der Waals surface area contributed by atoms with Gasteiger partial charge in [0.25, 0.3) is 0 Å². The first-order valence-electron chi connectivity index (χ1n) is 5.02. The largest absolute Gasteiger partial charge is 0.465 e. The maximum atomic E-state index is 11.2. The predicted octanol–water partition coefficient (Wildman–Crippen LogP) is 0.931. The second kappa shape index (κ2) is 6.15. The van der Waals surface area contributed by atoms with E-state index in [0.717, 1.165) is 11.8 Å². The first-order valence-corrected chi connectivity index (χ1v) is 6.01. The molecule has 1 aromatic rings. The summed E-state index contributed by atoms with van der Waals surface area (Å²) in [5.41, 5.74) is 5.35. The fourth-order valence-electron chi connectivity index (χ4n) is 1.20. The molecule has 18 heavy (non-hydrogen) atoms. The van der Waals surface area contributed by atoms with Crippen LogP contribution in [0.15, 0.2) is 5.03 Å². The van der Waals surface area contributed by atoms with Crippen LogP contribution in [0, 0.1) is 17.0 Å². The molecule has 0 unspecified atom stereocenters. The SMILES string of the molecule is CCOC(=O)CSc1nc(N)nc(C)c1[N+](=O)[O-]. The van der Waals surface area contributed by atoms with Crippen LogP contribution >= 0.6 is 11.8 Å². The van der Waals surface area contributed by atoms with Gasteiger partial charge < -0.3 is 10.5 Å². The highest BCUT2D eigenvalue weighted by Crippen LogP contribution is 2.29. The highest BCUT2D eigenvalue weighted by atomic mass is 32.2. The van der Waals surface area contributed by atoms with Crippen LogP contribution in [0.3, 0.4) is 0 Å². The molecule has 0 spiro atoms. The fraction of sp³-hybridized carbons (Fsp3) is 0.444. The molecule has 98 valence electrons. The number of esters is 1. The van der Waals surface area contributed by atoms with Gasteiger partial charge in [0.1, 0.15) is 5.69 Å². The fourth-order valence-corrected chi connectivity index (χ4v) is 2.06. The Bertz CT molecular complexity index is 480. The molecule has 1 heterocycles. The van der Waals surface area contributed by atoms with E-state index in [2.05, 4.69) is 9.97 Å². The highest BCUT2D eigenvalue weighted by molar-refractivity contribution is 8.00. The van der Waals surface area contributed by atoms with E-state index in [9.17, 15) is 14.9 Å². The number of thioether (sulfide) groups is 1. The molecular weight excluding hydrogens is 260 g/mol. The van der Waals surface area contributed by atoms with Gasteiger partial charge in [-0.2, -0.15) is 4.98 Å². The summed E-state index contributed by atoms with van der Waals surface area (Å²) in [6.07, 6.45) is 0. The number of hydrogen-bond donors (Lipinski definition) is 1. The van der Waals surface area contributed by atoms with Crippen molar-refractivity contribution in [1.29, 1.82) is 0 Å². The van der Waals surface area contributed by atoms with Crippen molar-refractivity contribution in [2.45, 2.75) is 18.9 Å². The Morgan fingerprint density at radius 1 is 1.56 bits per heavy atom. The van der Waals surface area contributed by atoms with Gasteiger partial charge in [-0.15, -0.1) is 0 Å². The average molecular weight is 272 g/mol. The molecule has 9 heteroatoms. The third-order valence-corrected chi connectivity index (χ3v) is 2.80. The maximum Gasteiger partial charge on any atom is 0.322 e. The van der Waals surface area contributed by atoms with Gasteiger partial charge in [-0.05, 0) is 13.8 Å². The molecular formula is C9H12N4O4S. The lowest BCUT2D eigenvalue weighted by Gasteiger charge is -2.04. The first kappa shape index (κ1) is 14.2. The molecule has 0 aliphatic rings. The molecule has 0 saturated heterocycles. The third-order valence-electron chi connectivity index (χ3n) is 1.86. The third kappa shape index (κ3) is 3.55. The van der Waals surface area contributed by atoms with E-state index in [-0.39, 0.29) is 34.7 Å². The minimum atomic E-state index is -0.595. The molecule has 1 aromatic heterocycles. The van der Waals surface area contributed by atoms with Crippen molar-refractivity contribution in [3.8, 4) is 0 Å². The number of nitrogens with zero attached hydrogens (tertiary/aromatic N) is 3. The van der Waals surface area contributed by atoms with E-state index in [1.165, 1.54) is 6.92 Å². The Morgan fingerprint density at radius 2 is 2.22 bits per heavy atom. The summed E-state index contributed by atoms with van der Waals surface area (Å²) in [6, 6.07) is 0. The normalized spacial score (nSPS) is 10.1. The van der Waals surface area contributed by atoms with Crippen molar-refractivity contribution in [3.05, 3.63) is 15.8 Å². The van der Waals surface area contributed by atoms with Gasteiger partial charge in [-0.1, -0.05) is 11.8 Å². The van der Waals surface area contributed by atoms with Crippen LogP contribution in [0.5, 0.6) is 0 Å². The maximum absolute atomic E-state index is 11.2. The van der Waals surface area contributed by atoms with Gasteiger partial charge in [0, 0.05) is 0 Å². The smallest absolute Gasteiger partial charge is 0.322 e. The van der Waals surface area contributed by atoms with Gasteiger partial charge in [0.15, 0.2) is 5.03 Å². The summed E-state index contributed by atoms with van der Waals surface area (Å²) in [5.74, 6) is -0.596. The van der Waals surface area contributed by atoms with Crippen LogP contribution in [0.1, 0.15) is 12.6 Å². The van der Waals surface area contributed by atoms with Gasteiger partial charge in [-0.25, -0.2) is 4.98 Å². The zero-order valence-corrected chi connectivity index (χ0v) is 10.7. The molecule has 0 aliphatic heterocycles. The van der Waals surface area contributed by atoms with E-state index >= 15 is 0 Å². The van der Waals surface area contributed by atoms with E-state index in [1.807, 2.05) is 0 Å². The number of carbonyl (C=O) groups is 1. The second-order valence-electron chi connectivity index (χ2n) is 3.17. The number of nitro groups is 1. The van der Waals surface area contributed by atoms with Crippen molar-refractivity contribution in [3.63, 3.8) is 0 Å². The van der Waals surface area contributed by atoms with E-state index in [1.54, 1.807) is 6.92 Å². The number of nitrogens with two attached hydrogens (primary N) is 1. The summed E-state index contributed by atoms with van der Waals surface area (Å²) in [5, 5.41) is 10.9. The quantitative estimate of drug-likeness (QED) is 0.276. The number of anilines is 1. The zero-order valence-electron chi connectivity index (χ0n) is 9.87. The van der Waals surface area contributed by atoms with E-state index in [0.29, 0.717) is 0 Å². The summed E-state index contributed by atoms with van der Waals surface area (Å²) >= 11 is 0.904. The lowest BCUT2D eigenvalue weighted by Crippen LogP contribution is -2.09. The molecule has 0 aromatic carbocycles. The highest BCUT2D eigenvalue weighted by Gasteiger charge is 2.22. The predicted molar refractivity (Wildman–Crippen MR) is 65.2 cm³/mol. The minimum Gasteiger partial charge on any atom is -0.465 e. The Labute approximate surface area is 107 Å². The van der Waals surface area contributed by atoms with Gasteiger partial charge in [0.05, 0.1) is 17.3 Å². The second-order valence-corrected chi connectivity index (χ2v) is 4.14. The molecule has 0 radical (unpaired) electrons. The Hall–Kier alpha value is -1.90. The molecule has 1 rings (SSSR count). The number of hydrogen-bond acceptors (Lipinski definition) is 8. The molecule has 2 N–H and O–H groups in total. The number of carbonyl (C=O) groups excluding carboxylic acids is 1. The van der Waals surface area contributed by atoms with Crippen molar-refractivity contribution in [2.24, 2.45) is 0 Å². The van der Waals surface area contributed by atoms with Crippen LogP contribution in [0.2, 0.25) is 0 Å². The van der Waals surface area contributed by atoms with Crippen molar-refractivity contribution >= 4 is 29.4 Å². The minimum absolute atomic E-state index is 0.0649. The average Bonchev–Trinajstić information content (AvgIpc) is 2.25. The number of nitrogen functional groups attached to an aromatic ring is 1. The molecule has 8 nitrogen and oxygen atoms in total. The summed E-state index contributed by atoms with van der Waals surface area (Å²) in [7, 11) is 0. The topological polar surface area (TPSA) is 121 Å². The Kier molecular flexibility index (Phi) is 4.84. The number of rotatable bonds is 5. The summed E-state index contributed by atoms with van der Waals surface area (Å²) < 4.78 is 4.72. The lowest BCUT2D eigenvalue weighted by molar-refractivity contribution is -0.389. The van der Waals surface area contributed by atoms with E-state index < -0.39 is 10.9 Å². The van der Waals surface area contributed by atoms with Crippen LogP contribution in [-0.2, 0) is 9.53 Å². The molecule has 0 atom stereocenters. The molecule has 0 saturated carbocycles. The number of aromatic nitrogens is 2. The Balaban J connectivity index is 2.93. The Morgan fingerprint density at radius 3 is 2.78 bits per heavy atom. The summed E-state index contributed by atoms with van der Waals surface area (Å²) in [6.45, 7) is 3.40. The summed E-state index contributed by atoms with van der Waals surface area (Å²) in [4.78, 5) is 28.9. The number of ether oxygens (including phenoxy) is 1.